The van der Waals surface area contributed by atoms with Gasteiger partial charge in [0.05, 0.1) is 0 Å². The molecule has 1 saturated carbocycles. The molecular formula is C16H31N3O2. The lowest BCUT2D eigenvalue weighted by atomic mass is 10.2. The van der Waals surface area contributed by atoms with Crippen LogP contribution in [0.3, 0.4) is 0 Å². The highest BCUT2D eigenvalue weighted by atomic mass is 16.6. The lowest BCUT2D eigenvalue weighted by Gasteiger charge is -2.25. The van der Waals surface area contributed by atoms with Gasteiger partial charge in [0.2, 0.25) is 0 Å². The molecule has 2 fully saturated rings. The lowest BCUT2D eigenvalue weighted by Crippen LogP contribution is -2.41. The Bertz CT molecular complexity index is 363. The van der Waals surface area contributed by atoms with E-state index in [0.29, 0.717) is 18.6 Å². The van der Waals surface area contributed by atoms with E-state index in [4.69, 9.17) is 4.74 Å². The Morgan fingerprint density at radius 3 is 2.62 bits per heavy atom. The van der Waals surface area contributed by atoms with Gasteiger partial charge in [-0.05, 0) is 47.0 Å². The van der Waals surface area contributed by atoms with Crippen LogP contribution in [0.25, 0.3) is 0 Å². The molecule has 122 valence electrons. The number of hydrogen-bond acceptors (Lipinski definition) is 4. The SMILES string of the molecule is CC1CC(NCCN(C)C(=O)OC(C)(C)C)CN1C1CC1. The zero-order chi connectivity index (χ0) is 15.6. The molecule has 0 aromatic rings. The molecule has 1 heterocycles. The van der Waals surface area contributed by atoms with E-state index in [1.54, 1.807) is 11.9 Å². The van der Waals surface area contributed by atoms with Gasteiger partial charge in [-0.25, -0.2) is 4.79 Å². The Morgan fingerprint density at radius 1 is 1.38 bits per heavy atom. The van der Waals surface area contributed by atoms with Crippen molar-refractivity contribution < 1.29 is 9.53 Å². The van der Waals surface area contributed by atoms with Gasteiger partial charge in [0.1, 0.15) is 5.60 Å². The van der Waals surface area contributed by atoms with E-state index in [0.717, 1.165) is 19.1 Å². The maximum Gasteiger partial charge on any atom is 0.410 e. The molecule has 2 rings (SSSR count). The third-order valence-electron chi connectivity index (χ3n) is 4.22. The monoisotopic (exact) mass is 297 g/mol. The Balaban J connectivity index is 1.64. The number of ether oxygens (including phenoxy) is 1. The Hall–Kier alpha value is -0.810. The highest BCUT2D eigenvalue weighted by molar-refractivity contribution is 5.67. The van der Waals surface area contributed by atoms with Crippen molar-refractivity contribution in [3.8, 4) is 0 Å². The van der Waals surface area contributed by atoms with Crippen molar-refractivity contribution in [1.29, 1.82) is 0 Å². The van der Waals surface area contributed by atoms with Crippen LogP contribution < -0.4 is 5.32 Å². The quantitative estimate of drug-likeness (QED) is 0.844. The van der Waals surface area contributed by atoms with Crippen LogP contribution in [0.5, 0.6) is 0 Å². The van der Waals surface area contributed by atoms with E-state index in [9.17, 15) is 4.79 Å². The molecule has 0 aromatic carbocycles. The third kappa shape index (κ3) is 5.15. The summed E-state index contributed by atoms with van der Waals surface area (Å²) in [5, 5.41) is 3.58. The minimum absolute atomic E-state index is 0.247. The summed E-state index contributed by atoms with van der Waals surface area (Å²) in [7, 11) is 1.80. The van der Waals surface area contributed by atoms with Crippen molar-refractivity contribution in [2.24, 2.45) is 0 Å². The van der Waals surface area contributed by atoms with E-state index in [1.807, 2.05) is 20.8 Å². The van der Waals surface area contributed by atoms with Gasteiger partial charge in [0, 0.05) is 44.8 Å². The van der Waals surface area contributed by atoms with Gasteiger partial charge in [0.15, 0.2) is 0 Å². The summed E-state index contributed by atoms with van der Waals surface area (Å²) in [6.07, 6.45) is 3.72. The van der Waals surface area contributed by atoms with Gasteiger partial charge in [-0.2, -0.15) is 0 Å². The lowest BCUT2D eigenvalue weighted by molar-refractivity contribution is 0.0299. The zero-order valence-electron chi connectivity index (χ0n) is 14.2. The number of likely N-dealkylation sites (tertiary alicyclic amines) is 1. The largest absolute Gasteiger partial charge is 0.444 e. The summed E-state index contributed by atoms with van der Waals surface area (Å²) in [5.74, 6) is 0. The molecule has 0 spiro atoms. The molecule has 2 aliphatic rings. The topological polar surface area (TPSA) is 44.8 Å². The molecule has 2 unspecified atom stereocenters. The van der Waals surface area contributed by atoms with Crippen molar-refractivity contribution >= 4 is 6.09 Å². The molecule has 1 N–H and O–H groups in total. The summed E-state index contributed by atoms with van der Waals surface area (Å²) >= 11 is 0. The van der Waals surface area contributed by atoms with Gasteiger partial charge >= 0.3 is 6.09 Å². The average molecular weight is 297 g/mol. The van der Waals surface area contributed by atoms with Crippen LogP contribution in [0.2, 0.25) is 0 Å². The van der Waals surface area contributed by atoms with Crippen LogP contribution in [0, 0.1) is 0 Å². The van der Waals surface area contributed by atoms with Crippen LogP contribution in [-0.2, 0) is 4.74 Å². The molecule has 2 atom stereocenters. The Morgan fingerprint density at radius 2 is 2.05 bits per heavy atom. The van der Waals surface area contributed by atoms with Crippen LogP contribution in [0.1, 0.15) is 47.0 Å². The fraction of sp³-hybridized carbons (Fsp3) is 0.938. The third-order valence-corrected chi connectivity index (χ3v) is 4.22. The number of rotatable bonds is 5. The number of hydrogen-bond donors (Lipinski definition) is 1. The molecule has 5 heteroatoms. The van der Waals surface area contributed by atoms with Crippen LogP contribution in [0.4, 0.5) is 4.79 Å². The minimum Gasteiger partial charge on any atom is -0.444 e. The molecule has 0 aromatic heterocycles. The summed E-state index contributed by atoms with van der Waals surface area (Å²) in [6, 6.07) is 2.10. The molecule has 5 nitrogen and oxygen atoms in total. The van der Waals surface area contributed by atoms with Crippen molar-refractivity contribution in [2.45, 2.75) is 70.7 Å². The second kappa shape index (κ2) is 6.53. The predicted molar refractivity (Wildman–Crippen MR) is 84.5 cm³/mol. The smallest absolute Gasteiger partial charge is 0.410 e. The minimum atomic E-state index is -0.426. The highest BCUT2D eigenvalue weighted by Crippen LogP contribution is 2.33. The molecule has 1 saturated heterocycles. The van der Waals surface area contributed by atoms with Crippen molar-refractivity contribution in [3.05, 3.63) is 0 Å². The second-order valence-corrected chi connectivity index (χ2v) is 7.57. The molecule has 0 radical (unpaired) electrons. The number of carbonyl (C=O) groups is 1. The first kappa shape index (κ1) is 16.6. The molecule has 21 heavy (non-hydrogen) atoms. The molecule has 1 aliphatic heterocycles. The van der Waals surface area contributed by atoms with E-state index in [1.165, 1.54) is 19.3 Å². The first-order valence-electron chi connectivity index (χ1n) is 8.19. The molecule has 1 aliphatic carbocycles. The van der Waals surface area contributed by atoms with Crippen LogP contribution in [0.15, 0.2) is 0 Å². The van der Waals surface area contributed by atoms with Crippen LogP contribution in [-0.4, -0.2) is 66.3 Å². The number of carbonyl (C=O) groups excluding carboxylic acids is 1. The summed E-state index contributed by atoms with van der Waals surface area (Å²) < 4.78 is 5.35. The van der Waals surface area contributed by atoms with Crippen molar-refractivity contribution in [3.63, 3.8) is 0 Å². The first-order valence-corrected chi connectivity index (χ1v) is 8.19. The molecule has 1 amide bonds. The number of nitrogens with one attached hydrogen (secondary N) is 1. The van der Waals surface area contributed by atoms with Gasteiger partial charge in [-0.15, -0.1) is 0 Å². The van der Waals surface area contributed by atoms with Gasteiger partial charge in [0.25, 0.3) is 0 Å². The van der Waals surface area contributed by atoms with E-state index < -0.39 is 5.60 Å². The van der Waals surface area contributed by atoms with Gasteiger partial charge in [-0.1, -0.05) is 0 Å². The maximum absolute atomic E-state index is 11.9. The first-order chi connectivity index (χ1) is 9.76. The van der Waals surface area contributed by atoms with Gasteiger partial charge < -0.3 is 15.0 Å². The summed E-state index contributed by atoms with van der Waals surface area (Å²) in [4.78, 5) is 16.1. The standard InChI is InChI=1S/C16H31N3O2/c1-12-10-13(11-19(12)14-6-7-14)17-8-9-18(5)15(20)21-16(2,3)4/h12-14,17H,6-11H2,1-5H3. The highest BCUT2D eigenvalue weighted by Gasteiger charge is 2.38. The van der Waals surface area contributed by atoms with Crippen LogP contribution >= 0.6 is 0 Å². The summed E-state index contributed by atoms with van der Waals surface area (Å²) in [5.41, 5.74) is -0.426. The predicted octanol–water partition coefficient (Wildman–Crippen LogP) is 2.07. The second-order valence-electron chi connectivity index (χ2n) is 7.57. The zero-order valence-corrected chi connectivity index (χ0v) is 14.2. The summed E-state index contributed by atoms with van der Waals surface area (Å²) in [6.45, 7) is 10.7. The molecular weight excluding hydrogens is 266 g/mol. The van der Waals surface area contributed by atoms with E-state index in [-0.39, 0.29) is 6.09 Å². The van der Waals surface area contributed by atoms with Gasteiger partial charge in [-0.3, -0.25) is 4.90 Å². The van der Waals surface area contributed by atoms with E-state index in [2.05, 4.69) is 17.1 Å². The number of likely N-dealkylation sites (N-methyl/N-ethyl adjacent to an activating group) is 1. The number of nitrogens with zero attached hydrogens (tertiary/aromatic N) is 2. The van der Waals surface area contributed by atoms with Crippen molar-refractivity contribution in [2.75, 3.05) is 26.7 Å². The fourth-order valence-corrected chi connectivity index (χ4v) is 2.99. The fourth-order valence-electron chi connectivity index (χ4n) is 2.99. The Kier molecular flexibility index (Phi) is 5.15. The maximum atomic E-state index is 11.9. The molecule has 0 bridgehead atoms. The van der Waals surface area contributed by atoms with Crippen molar-refractivity contribution in [1.82, 2.24) is 15.1 Å². The number of amides is 1. The Labute approximate surface area is 129 Å². The normalized spacial score (nSPS) is 26.9. The van der Waals surface area contributed by atoms with E-state index >= 15 is 0 Å². The average Bonchev–Trinajstić information content (AvgIpc) is 3.12.